The highest BCUT2D eigenvalue weighted by Crippen LogP contribution is 2.26. The topological polar surface area (TPSA) is 70.9 Å². The summed E-state index contributed by atoms with van der Waals surface area (Å²) in [7, 11) is 1.59. The van der Waals surface area contributed by atoms with Gasteiger partial charge >= 0.3 is 0 Å². The number of methoxy groups -OCH3 is 1. The molecule has 0 bridgehead atoms. The van der Waals surface area contributed by atoms with Gasteiger partial charge in [-0.3, -0.25) is 4.79 Å². The summed E-state index contributed by atoms with van der Waals surface area (Å²) in [5.41, 5.74) is 3.36. The second-order valence-electron chi connectivity index (χ2n) is 5.12. The molecule has 0 saturated carbocycles. The maximum atomic E-state index is 12.1. The number of para-hydroxylation sites is 1. The van der Waals surface area contributed by atoms with Gasteiger partial charge in [0.05, 0.1) is 18.9 Å². The van der Waals surface area contributed by atoms with Crippen LogP contribution >= 0.6 is 0 Å². The lowest BCUT2D eigenvalue weighted by atomic mass is 10.0. The predicted octanol–water partition coefficient (Wildman–Crippen LogP) is 3.32. The average molecular weight is 320 g/mol. The van der Waals surface area contributed by atoms with Gasteiger partial charge in [0.2, 0.25) is 0 Å². The highest BCUT2D eigenvalue weighted by molar-refractivity contribution is 6.03. The Balaban J connectivity index is 1.88. The molecule has 0 aliphatic carbocycles. The van der Waals surface area contributed by atoms with E-state index in [4.69, 9.17) is 4.74 Å². The molecule has 0 atom stereocenters. The summed E-state index contributed by atoms with van der Waals surface area (Å²) in [6.07, 6.45) is 1.54. The molecule has 0 unspecified atom stereocenters. The number of hydrogen-bond donors (Lipinski definition) is 2. The Hall–Kier alpha value is -3.34. The van der Waals surface area contributed by atoms with Crippen LogP contribution in [-0.2, 0) is 0 Å². The number of carbonyl (C=O) groups excluding carboxylic acids is 1. The van der Waals surface area contributed by atoms with Crippen LogP contribution in [0.5, 0.6) is 11.5 Å². The Bertz CT molecular complexity index is 919. The van der Waals surface area contributed by atoms with Crippen molar-refractivity contribution in [2.75, 3.05) is 7.11 Å². The summed E-state index contributed by atoms with van der Waals surface area (Å²) in [4.78, 5) is 12.1. The third-order valence-electron chi connectivity index (χ3n) is 3.66. The Morgan fingerprint density at radius 1 is 1.08 bits per heavy atom. The summed E-state index contributed by atoms with van der Waals surface area (Å²) in [5, 5.41) is 15.7. The smallest absolute Gasteiger partial charge is 0.275 e. The van der Waals surface area contributed by atoms with Gasteiger partial charge in [0.1, 0.15) is 11.5 Å². The summed E-state index contributed by atoms with van der Waals surface area (Å²) in [6.45, 7) is 0. The zero-order valence-electron chi connectivity index (χ0n) is 13.1. The van der Waals surface area contributed by atoms with Gasteiger partial charge in [0, 0.05) is 5.56 Å². The predicted molar refractivity (Wildman–Crippen MR) is 93.7 cm³/mol. The molecule has 3 aromatic carbocycles. The highest BCUT2D eigenvalue weighted by atomic mass is 16.5. The number of aromatic hydroxyl groups is 1. The summed E-state index contributed by atoms with van der Waals surface area (Å²) in [5.74, 6) is 0.0887. The van der Waals surface area contributed by atoms with Crippen molar-refractivity contribution in [2.45, 2.75) is 0 Å². The standard InChI is InChI=1S/C19H16N2O3/c1-24-18-11-10-13-6-2-3-7-14(13)16(18)12-20-21-19(23)15-8-4-5-9-17(15)22/h2-12,22H,1H3,(H,21,23)/b20-12+. The maximum absolute atomic E-state index is 12.1. The second-order valence-corrected chi connectivity index (χ2v) is 5.12. The molecule has 5 heteroatoms. The fourth-order valence-electron chi connectivity index (χ4n) is 2.47. The molecule has 0 heterocycles. The number of carbonyl (C=O) groups is 1. The number of benzene rings is 3. The van der Waals surface area contributed by atoms with Crippen molar-refractivity contribution in [1.29, 1.82) is 0 Å². The lowest BCUT2D eigenvalue weighted by Gasteiger charge is -2.08. The largest absolute Gasteiger partial charge is 0.507 e. The van der Waals surface area contributed by atoms with Crippen molar-refractivity contribution < 1.29 is 14.6 Å². The van der Waals surface area contributed by atoms with E-state index in [0.29, 0.717) is 5.75 Å². The minimum absolute atomic E-state index is 0.0899. The van der Waals surface area contributed by atoms with Crippen LogP contribution in [0.25, 0.3) is 10.8 Å². The quantitative estimate of drug-likeness (QED) is 0.572. The minimum Gasteiger partial charge on any atom is -0.507 e. The Labute approximate surface area is 139 Å². The first kappa shape index (κ1) is 15.6. The Kier molecular flexibility index (Phi) is 4.43. The number of phenols is 1. The minimum atomic E-state index is -0.483. The fraction of sp³-hybridized carbons (Fsp3) is 0.0526. The van der Waals surface area contributed by atoms with Crippen LogP contribution < -0.4 is 10.2 Å². The number of nitrogens with zero attached hydrogens (tertiary/aromatic N) is 1. The van der Waals surface area contributed by atoms with Gasteiger partial charge < -0.3 is 9.84 Å². The van der Waals surface area contributed by atoms with Crippen molar-refractivity contribution in [2.24, 2.45) is 5.10 Å². The zero-order chi connectivity index (χ0) is 16.9. The molecule has 0 aromatic heterocycles. The molecule has 0 aliphatic heterocycles. The van der Waals surface area contributed by atoms with E-state index in [0.717, 1.165) is 16.3 Å². The monoisotopic (exact) mass is 320 g/mol. The number of rotatable bonds is 4. The molecule has 5 nitrogen and oxygen atoms in total. The molecule has 3 aromatic rings. The number of hydrazone groups is 1. The van der Waals surface area contributed by atoms with Crippen molar-refractivity contribution in [3.8, 4) is 11.5 Å². The van der Waals surface area contributed by atoms with E-state index in [1.54, 1.807) is 25.5 Å². The molecule has 0 fully saturated rings. The van der Waals surface area contributed by atoms with Crippen LogP contribution in [-0.4, -0.2) is 24.3 Å². The van der Waals surface area contributed by atoms with E-state index in [-0.39, 0.29) is 11.3 Å². The van der Waals surface area contributed by atoms with Crippen molar-refractivity contribution in [3.63, 3.8) is 0 Å². The first-order valence-corrected chi connectivity index (χ1v) is 7.38. The Morgan fingerprint density at radius 2 is 1.83 bits per heavy atom. The normalized spacial score (nSPS) is 10.9. The fourth-order valence-corrected chi connectivity index (χ4v) is 2.47. The molecule has 2 N–H and O–H groups in total. The maximum Gasteiger partial charge on any atom is 0.275 e. The van der Waals surface area contributed by atoms with Gasteiger partial charge in [0.15, 0.2) is 0 Å². The number of ether oxygens (including phenoxy) is 1. The molecule has 0 saturated heterocycles. The van der Waals surface area contributed by atoms with Gasteiger partial charge in [-0.25, -0.2) is 5.43 Å². The summed E-state index contributed by atoms with van der Waals surface area (Å²) >= 11 is 0. The van der Waals surface area contributed by atoms with Crippen LogP contribution in [0.15, 0.2) is 65.8 Å². The molecular weight excluding hydrogens is 304 g/mol. The average Bonchev–Trinajstić information content (AvgIpc) is 2.62. The van der Waals surface area contributed by atoms with Crippen LogP contribution in [0.1, 0.15) is 15.9 Å². The number of nitrogens with one attached hydrogen (secondary N) is 1. The SMILES string of the molecule is COc1ccc2ccccc2c1/C=N/NC(=O)c1ccccc1O. The van der Waals surface area contributed by atoms with E-state index in [1.807, 2.05) is 36.4 Å². The molecule has 24 heavy (non-hydrogen) atoms. The van der Waals surface area contributed by atoms with Gasteiger partial charge in [-0.2, -0.15) is 5.10 Å². The third kappa shape index (κ3) is 3.05. The van der Waals surface area contributed by atoms with Crippen molar-refractivity contribution in [3.05, 3.63) is 71.8 Å². The number of hydrogen-bond acceptors (Lipinski definition) is 4. The molecule has 120 valence electrons. The molecule has 0 aliphatic rings. The third-order valence-corrected chi connectivity index (χ3v) is 3.66. The van der Waals surface area contributed by atoms with E-state index in [9.17, 15) is 9.90 Å². The van der Waals surface area contributed by atoms with Gasteiger partial charge in [0.25, 0.3) is 5.91 Å². The van der Waals surface area contributed by atoms with Gasteiger partial charge in [-0.05, 0) is 29.0 Å². The van der Waals surface area contributed by atoms with Crippen LogP contribution in [0, 0.1) is 0 Å². The lowest BCUT2D eigenvalue weighted by Crippen LogP contribution is -2.17. The zero-order valence-corrected chi connectivity index (χ0v) is 13.1. The summed E-state index contributed by atoms with van der Waals surface area (Å²) in [6, 6.07) is 18.0. The summed E-state index contributed by atoms with van der Waals surface area (Å²) < 4.78 is 5.37. The first-order chi connectivity index (χ1) is 11.7. The highest BCUT2D eigenvalue weighted by Gasteiger charge is 2.09. The van der Waals surface area contributed by atoms with Crippen molar-refractivity contribution >= 4 is 22.9 Å². The lowest BCUT2D eigenvalue weighted by molar-refractivity contribution is 0.0952. The first-order valence-electron chi connectivity index (χ1n) is 7.38. The molecule has 1 amide bonds. The molecule has 0 spiro atoms. The van der Waals surface area contributed by atoms with Crippen LogP contribution in [0.3, 0.4) is 0 Å². The van der Waals surface area contributed by atoms with E-state index in [1.165, 1.54) is 12.1 Å². The van der Waals surface area contributed by atoms with Gasteiger partial charge in [-0.1, -0.05) is 42.5 Å². The van der Waals surface area contributed by atoms with Crippen molar-refractivity contribution in [1.82, 2.24) is 5.43 Å². The number of amides is 1. The van der Waals surface area contributed by atoms with Crippen LogP contribution in [0.4, 0.5) is 0 Å². The number of fused-ring (bicyclic) bond motifs is 1. The van der Waals surface area contributed by atoms with E-state index >= 15 is 0 Å². The Morgan fingerprint density at radius 3 is 2.62 bits per heavy atom. The number of phenolic OH excluding ortho intramolecular Hbond substituents is 1. The molecule has 3 rings (SSSR count). The second kappa shape index (κ2) is 6.83. The molecule has 0 radical (unpaired) electrons. The van der Waals surface area contributed by atoms with Gasteiger partial charge in [-0.15, -0.1) is 0 Å². The van der Waals surface area contributed by atoms with E-state index in [2.05, 4.69) is 10.5 Å². The van der Waals surface area contributed by atoms with Crippen LogP contribution in [0.2, 0.25) is 0 Å². The van der Waals surface area contributed by atoms with E-state index < -0.39 is 5.91 Å². The molecular formula is C19H16N2O3.